The molecular weight excluding hydrogens is 506 g/mol. The van der Waals surface area contributed by atoms with E-state index in [0.29, 0.717) is 46.4 Å². The van der Waals surface area contributed by atoms with E-state index in [1.807, 2.05) is 39.8 Å². The number of fused-ring (bicyclic) bond motifs is 1. The summed E-state index contributed by atoms with van der Waals surface area (Å²) in [5.74, 6) is -0.110. The Balaban J connectivity index is 1.82. The molecule has 4 aromatic rings. The van der Waals surface area contributed by atoms with Gasteiger partial charge < -0.3 is 19.5 Å². The van der Waals surface area contributed by atoms with Gasteiger partial charge in [0.25, 0.3) is 11.5 Å². The first kappa shape index (κ1) is 26.9. The number of esters is 1. The van der Waals surface area contributed by atoms with Crippen LogP contribution in [0.15, 0.2) is 46.6 Å². The predicted octanol–water partition coefficient (Wildman–Crippen LogP) is 5.29. The molecule has 9 nitrogen and oxygen atoms in total. The number of rotatable bonds is 9. The van der Waals surface area contributed by atoms with E-state index in [2.05, 4.69) is 10.4 Å². The third-order valence-corrected chi connectivity index (χ3v) is 6.78. The predicted molar refractivity (Wildman–Crippen MR) is 147 cm³/mol. The molecule has 2 heterocycles. The third-order valence-electron chi connectivity index (χ3n) is 5.89. The number of carbonyl (C=O) groups is 2. The van der Waals surface area contributed by atoms with Crippen molar-refractivity contribution >= 4 is 39.0 Å². The Hall–Kier alpha value is -4.18. The Morgan fingerprint density at radius 3 is 2.37 bits per heavy atom. The SMILES string of the molecule is CCOC(=O)c1nn(-c2ccc(C)c(C)c2)c(=O)c2c(NC(=O)c3ccc(OCC)c(OCC)c3)scc12. The lowest BCUT2D eigenvalue weighted by molar-refractivity contribution is 0.0520. The van der Waals surface area contributed by atoms with Crippen molar-refractivity contribution in [1.29, 1.82) is 0 Å². The summed E-state index contributed by atoms with van der Waals surface area (Å²) in [4.78, 5) is 39.7. The minimum Gasteiger partial charge on any atom is -0.490 e. The smallest absolute Gasteiger partial charge is 0.359 e. The maximum absolute atomic E-state index is 13.7. The molecule has 1 N–H and O–H groups in total. The number of nitrogens with one attached hydrogen (secondary N) is 1. The Morgan fingerprint density at radius 1 is 0.947 bits per heavy atom. The van der Waals surface area contributed by atoms with E-state index in [9.17, 15) is 14.4 Å². The van der Waals surface area contributed by atoms with Crippen LogP contribution >= 0.6 is 11.3 Å². The van der Waals surface area contributed by atoms with Crippen molar-refractivity contribution < 1.29 is 23.8 Å². The second-order valence-electron chi connectivity index (χ2n) is 8.39. The van der Waals surface area contributed by atoms with Gasteiger partial charge in [-0.25, -0.2) is 4.79 Å². The fourth-order valence-corrected chi connectivity index (χ4v) is 4.82. The van der Waals surface area contributed by atoms with Crippen molar-refractivity contribution in [3.05, 3.63) is 74.5 Å². The molecule has 0 radical (unpaired) electrons. The summed E-state index contributed by atoms with van der Waals surface area (Å²) in [6, 6.07) is 10.4. The van der Waals surface area contributed by atoms with Gasteiger partial charge in [-0.1, -0.05) is 6.07 Å². The van der Waals surface area contributed by atoms with Gasteiger partial charge in [-0.3, -0.25) is 9.59 Å². The maximum Gasteiger partial charge on any atom is 0.359 e. The third kappa shape index (κ3) is 5.26. The molecule has 0 atom stereocenters. The molecule has 0 aliphatic carbocycles. The highest BCUT2D eigenvalue weighted by molar-refractivity contribution is 7.16. The number of hydrogen-bond donors (Lipinski definition) is 1. The summed E-state index contributed by atoms with van der Waals surface area (Å²) >= 11 is 1.14. The van der Waals surface area contributed by atoms with Crippen LogP contribution in [-0.2, 0) is 4.74 Å². The van der Waals surface area contributed by atoms with Crippen molar-refractivity contribution in [2.45, 2.75) is 34.6 Å². The van der Waals surface area contributed by atoms with Crippen LogP contribution in [0, 0.1) is 13.8 Å². The number of aromatic nitrogens is 2. The molecule has 2 aromatic carbocycles. The molecule has 0 saturated carbocycles. The van der Waals surface area contributed by atoms with E-state index >= 15 is 0 Å². The molecule has 0 bridgehead atoms. The van der Waals surface area contributed by atoms with Crippen LogP contribution in [-0.4, -0.2) is 41.5 Å². The largest absolute Gasteiger partial charge is 0.490 e. The van der Waals surface area contributed by atoms with Gasteiger partial charge in [0.2, 0.25) is 0 Å². The molecule has 0 spiro atoms. The van der Waals surface area contributed by atoms with Crippen molar-refractivity contribution in [3.8, 4) is 17.2 Å². The summed E-state index contributed by atoms with van der Waals surface area (Å²) in [5, 5.41) is 9.61. The van der Waals surface area contributed by atoms with Gasteiger partial charge in [-0.05, 0) is 76.1 Å². The van der Waals surface area contributed by atoms with Gasteiger partial charge in [-0.2, -0.15) is 9.78 Å². The Labute approximate surface area is 224 Å². The molecule has 38 heavy (non-hydrogen) atoms. The summed E-state index contributed by atoms with van der Waals surface area (Å²) in [6.45, 7) is 10.3. The van der Waals surface area contributed by atoms with Crippen LogP contribution in [0.5, 0.6) is 11.5 Å². The van der Waals surface area contributed by atoms with Crippen molar-refractivity contribution in [3.63, 3.8) is 0 Å². The molecule has 0 fully saturated rings. The lowest BCUT2D eigenvalue weighted by atomic mass is 10.1. The van der Waals surface area contributed by atoms with E-state index in [1.54, 1.807) is 36.6 Å². The van der Waals surface area contributed by atoms with Crippen LogP contribution in [0.25, 0.3) is 16.5 Å². The molecule has 198 valence electrons. The molecule has 2 aromatic heterocycles. The van der Waals surface area contributed by atoms with E-state index in [1.165, 1.54) is 4.68 Å². The van der Waals surface area contributed by atoms with Crippen molar-refractivity contribution in [2.75, 3.05) is 25.1 Å². The maximum atomic E-state index is 13.7. The minimum atomic E-state index is -0.654. The van der Waals surface area contributed by atoms with Crippen LogP contribution in [0.1, 0.15) is 52.7 Å². The number of thiophene rings is 1. The van der Waals surface area contributed by atoms with Crippen LogP contribution in [0.4, 0.5) is 5.00 Å². The Morgan fingerprint density at radius 2 is 1.68 bits per heavy atom. The standard InChI is InChI=1S/C28H29N3O6S/c1-6-35-21-12-10-18(14-22(21)36-7-2)25(32)29-26-23-20(15-38-26)24(28(34)37-8-3)30-31(27(23)33)19-11-9-16(4)17(5)13-19/h9-15H,6-8H2,1-5H3,(H,29,32). The average Bonchev–Trinajstić information content (AvgIpc) is 3.31. The minimum absolute atomic E-state index is 0.00359. The topological polar surface area (TPSA) is 109 Å². The summed E-state index contributed by atoms with van der Waals surface area (Å²) in [7, 11) is 0. The molecule has 0 aliphatic rings. The number of aryl methyl sites for hydroxylation is 2. The second-order valence-corrected chi connectivity index (χ2v) is 9.27. The van der Waals surface area contributed by atoms with Crippen molar-refractivity contribution in [1.82, 2.24) is 9.78 Å². The fraction of sp³-hybridized carbons (Fsp3) is 0.286. The van der Waals surface area contributed by atoms with Gasteiger partial charge in [-0.15, -0.1) is 11.3 Å². The Bertz CT molecular complexity index is 1570. The zero-order valence-electron chi connectivity index (χ0n) is 21.9. The summed E-state index contributed by atoms with van der Waals surface area (Å²) < 4.78 is 17.6. The number of hydrogen-bond acceptors (Lipinski definition) is 8. The van der Waals surface area contributed by atoms with E-state index < -0.39 is 17.4 Å². The van der Waals surface area contributed by atoms with Crippen LogP contribution < -0.4 is 20.3 Å². The molecule has 0 saturated heterocycles. The second kappa shape index (κ2) is 11.5. The Kier molecular flexibility index (Phi) is 8.11. The van der Waals surface area contributed by atoms with Crippen LogP contribution in [0.2, 0.25) is 0 Å². The van der Waals surface area contributed by atoms with E-state index in [4.69, 9.17) is 14.2 Å². The number of nitrogens with zero attached hydrogens (tertiary/aromatic N) is 2. The molecule has 10 heteroatoms. The van der Waals surface area contributed by atoms with Crippen LogP contribution in [0.3, 0.4) is 0 Å². The number of carbonyl (C=O) groups excluding carboxylic acids is 2. The van der Waals surface area contributed by atoms with E-state index in [0.717, 1.165) is 22.5 Å². The number of ether oxygens (including phenoxy) is 3. The summed E-state index contributed by atoms with van der Waals surface area (Å²) in [5.41, 5.74) is 2.38. The fourth-order valence-electron chi connectivity index (χ4n) is 3.89. The zero-order chi connectivity index (χ0) is 27.4. The summed E-state index contributed by atoms with van der Waals surface area (Å²) in [6.07, 6.45) is 0. The van der Waals surface area contributed by atoms with Gasteiger partial charge in [0.15, 0.2) is 17.2 Å². The highest BCUT2D eigenvalue weighted by atomic mass is 32.1. The highest BCUT2D eigenvalue weighted by Crippen LogP contribution is 2.33. The van der Waals surface area contributed by atoms with Gasteiger partial charge in [0.05, 0.1) is 30.9 Å². The normalized spacial score (nSPS) is 10.9. The number of anilines is 1. The molecule has 1 amide bonds. The lowest BCUT2D eigenvalue weighted by Crippen LogP contribution is -2.25. The first-order valence-corrected chi connectivity index (χ1v) is 13.2. The molecule has 4 rings (SSSR count). The number of amides is 1. The quantitative estimate of drug-likeness (QED) is 0.290. The van der Waals surface area contributed by atoms with Crippen molar-refractivity contribution in [2.24, 2.45) is 0 Å². The van der Waals surface area contributed by atoms with E-state index in [-0.39, 0.29) is 17.7 Å². The zero-order valence-corrected chi connectivity index (χ0v) is 22.7. The molecule has 0 aliphatic heterocycles. The first-order chi connectivity index (χ1) is 18.3. The number of benzene rings is 2. The highest BCUT2D eigenvalue weighted by Gasteiger charge is 2.24. The van der Waals surface area contributed by atoms with Gasteiger partial charge >= 0.3 is 5.97 Å². The monoisotopic (exact) mass is 535 g/mol. The van der Waals surface area contributed by atoms with Gasteiger partial charge in [0.1, 0.15) is 5.00 Å². The first-order valence-electron chi connectivity index (χ1n) is 12.3. The molecular formula is C28H29N3O6S. The lowest BCUT2D eigenvalue weighted by Gasteiger charge is -2.13. The molecule has 0 unspecified atom stereocenters. The average molecular weight is 536 g/mol. The van der Waals surface area contributed by atoms with Gasteiger partial charge in [0, 0.05) is 16.3 Å².